The highest BCUT2D eigenvalue weighted by Gasteiger charge is 2.04. The monoisotopic (exact) mass is 210 g/mol. The number of nitrogens with one attached hydrogen (secondary N) is 1. The molecule has 0 bridgehead atoms. The normalized spacial score (nSPS) is 12.8. The van der Waals surface area contributed by atoms with Crippen LogP contribution in [0.2, 0.25) is 0 Å². The van der Waals surface area contributed by atoms with Crippen molar-refractivity contribution in [2.24, 2.45) is 5.73 Å². The van der Waals surface area contributed by atoms with Crippen molar-refractivity contribution in [1.82, 2.24) is 5.32 Å². The van der Waals surface area contributed by atoms with Crippen LogP contribution in [0.25, 0.3) is 0 Å². The number of halogens is 1. The van der Waals surface area contributed by atoms with Crippen LogP contribution in [0, 0.1) is 5.82 Å². The molecule has 15 heavy (non-hydrogen) atoms. The van der Waals surface area contributed by atoms with Crippen LogP contribution in [0.3, 0.4) is 0 Å². The molecule has 0 heterocycles. The van der Waals surface area contributed by atoms with E-state index in [4.69, 9.17) is 5.73 Å². The van der Waals surface area contributed by atoms with E-state index in [1.54, 1.807) is 6.07 Å². The second kappa shape index (κ2) is 5.83. The minimum Gasteiger partial charge on any atom is -0.326 e. The van der Waals surface area contributed by atoms with Crippen LogP contribution in [0.1, 0.15) is 31.4 Å². The molecule has 0 fully saturated rings. The summed E-state index contributed by atoms with van der Waals surface area (Å²) < 4.78 is 13.5. The second-order valence-corrected chi connectivity index (χ2v) is 3.82. The number of hydrogen-bond donors (Lipinski definition) is 2. The molecule has 0 saturated carbocycles. The minimum atomic E-state index is -0.172. The molecule has 84 valence electrons. The van der Waals surface area contributed by atoms with Crippen LogP contribution in [-0.2, 0) is 13.1 Å². The molecule has 1 atom stereocenters. The lowest BCUT2D eigenvalue weighted by Gasteiger charge is -2.12. The van der Waals surface area contributed by atoms with Crippen molar-refractivity contribution in [3.05, 3.63) is 35.1 Å². The molecular weight excluding hydrogens is 191 g/mol. The third-order valence-corrected chi connectivity index (χ3v) is 2.61. The molecule has 0 aliphatic heterocycles. The zero-order valence-electron chi connectivity index (χ0n) is 9.39. The van der Waals surface area contributed by atoms with E-state index >= 15 is 0 Å². The molecule has 1 aromatic rings. The third-order valence-electron chi connectivity index (χ3n) is 2.61. The molecule has 0 radical (unpaired) electrons. The van der Waals surface area contributed by atoms with Crippen molar-refractivity contribution in [3.63, 3.8) is 0 Å². The van der Waals surface area contributed by atoms with Gasteiger partial charge in [0.25, 0.3) is 0 Å². The average molecular weight is 210 g/mol. The Morgan fingerprint density at radius 2 is 2.20 bits per heavy atom. The lowest BCUT2D eigenvalue weighted by atomic mass is 10.1. The Hall–Kier alpha value is -0.930. The minimum absolute atomic E-state index is 0.172. The van der Waals surface area contributed by atoms with Gasteiger partial charge in [-0.15, -0.1) is 0 Å². The fourth-order valence-corrected chi connectivity index (χ4v) is 1.29. The van der Waals surface area contributed by atoms with E-state index in [2.05, 4.69) is 19.2 Å². The molecule has 1 rings (SSSR count). The van der Waals surface area contributed by atoms with E-state index in [-0.39, 0.29) is 5.82 Å². The van der Waals surface area contributed by atoms with Crippen LogP contribution in [0.5, 0.6) is 0 Å². The Morgan fingerprint density at radius 3 is 2.73 bits per heavy atom. The first-order valence-electron chi connectivity index (χ1n) is 5.38. The molecule has 3 N–H and O–H groups in total. The van der Waals surface area contributed by atoms with Crippen LogP contribution >= 0.6 is 0 Å². The van der Waals surface area contributed by atoms with Gasteiger partial charge in [0.05, 0.1) is 0 Å². The quantitative estimate of drug-likeness (QED) is 0.781. The van der Waals surface area contributed by atoms with Crippen LogP contribution in [-0.4, -0.2) is 6.04 Å². The van der Waals surface area contributed by atoms with Crippen molar-refractivity contribution in [2.75, 3.05) is 0 Å². The van der Waals surface area contributed by atoms with Gasteiger partial charge in [-0.3, -0.25) is 0 Å². The molecule has 2 nitrogen and oxygen atoms in total. The summed E-state index contributed by atoms with van der Waals surface area (Å²) in [5, 5.41) is 3.26. The summed E-state index contributed by atoms with van der Waals surface area (Å²) in [5.41, 5.74) is 6.96. The first-order valence-corrected chi connectivity index (χ1v) is 5.38. The molecule has 1 aromatic carbocycles. The van der Waals surface area contributed by atoms with Gasteiger partial charge in [-0.1, -0.05) is 19.1 Å². The Morgan fingerprint density at radius 1 is 1.47 bits per heavy atom. The number of nitrogens with two attached hydrogens (primary N) is 1. The topological polar surface area (TPSA) is 38.0 Å². The van der Waals surface area contributed by atoms with E-state index in [0.29, 0.717) is 24.7 Å². The Kier molecular flexibility index (Phi) is 4.72. The highest BCUT2D eigenvalue weighted by atomic mass is 19.1. The zero-order chi connectivity index (χ0) is 11.3. The lowest BCUT2D eigenvalue weighted by Crippen LogP contribution is -2.24. The van der Waals surface area contributed by atoms with Crippen LogP contribution in [0.4, 0.5) is 4.39 Å². The number of rotatable bonds is 5. The first-order chi connectivity index (χ1) is 7.17. The van der Waals surface area contributed by atoms with Gasteiger partial charge in [-0.25, -0.2) is 4.39 Å². The van der Waals surface area contributed by atoms with E-state index in [1.807, 2.05) is 6.07 Å². The SMILES string of the molecule is CCC(C)NCc1ccc(CN)cc1F. The first kappa shape index (κ1) is 12.1. The van der Waals surface area contributed by atoms with Crippen molar-refractivity contribution < 1.29 is 4.39 Å². The predicted molar refractivity (Wildman–Crippen MR) is 60.9 cm³/mol. The summed E-state index contributed by atoms with van der Waals surface area (Å²) in [6.45, 7) is 5.15. The van der Waals surface area contributed by atoms with Gasteiger partial charge >= 0.3 is 0 Å². The fraction of sp³-hybridized carbons (Fsp3) is 0.500. The average Bonchev–Trinajstić information content (AvgIpc) is 2.26. The van der Waals surface area contributed by atoms with Gasteiger partial charge in [-0.05, 0) is 25.0 Å². The van der Waals surface area contributed by atoms with E-state index in [1.165, 1.54) is 6.07 Å². The molecular formula is C12H19FN2. The van der Waals surface area contributed by atoms with Crippen LogP contribution < -0.4 is 11.1 Å². The molecule has 0 amide bonds. The summed E-state index contributed by atoms with van der Waals surface area (Å²) in [6.07, 6.45) is 1.04. The molecule has 0 aromatic heterocycles. The summed E-state index contributed by atoms with van der Waals surface area (Å²) in [7, 11) is 0. The van der Waals surface area contributed by atoms with Crippen LogP contribution in [0.15, 0.2) is 18.2 Å². The van der Waals surface area contributed by atoms with E-state index < -0.39 is 0 Å². The molecule has 1 unspecified atom stereocenters. The summed E-state index contributed by atoms with van der Waals surface area (Å²) in [6, 6.07) is 5.59. The highest BCUT2D eigenvalue weighted by molar-refractivity contribution is 5.24. The largest absolute Gasteiger partial charge is 0.326 e. The van der Waals surface area contributed by atoms with Gasteiger partial charge in [0.15, 0.2) is 0 Å². The maximum atomic E-state index is 13.5. The van der Waals surface area contributed by atoms with Gasteiger partial charge in [0.1, 0.15) is 5.82 Å². The van der Waals surface area contributed by atoms with Gasteiger partial charge in [0.2, 0.25) is 0 Å². The molecule has 0 spiro atoms. The van der Waals surface area contributed by atoms with Crippen molar-refractivity contribution in [2.45, 2.75) is 39.4 Å². The summed E-state index contributed by atoms with van der Waals surface area (Å²) in [5.74, 6) is -0.172. The Labute approximate surface area is 90.7 Å². The maximum Gasteiger partial charge on any atom is 0.128 e. The van der Waals surface area contributed by atoms with Crippen molar-refractivity contribution in [3.8, 4) is 0 Å². The fourth-order valence-electron chi connectivity index (χ4n) is 1.29. The lowest BCUT2D eigenvalue weighted by molar-refractivity contribution is 0.516. The summed E-state index contributed by atoms with van der Waals surface area (Å²) in [4.78, 5) is 0. The molecule has 3 heteroatoms. The second-order valence-electron chi connectivity index (χ2n) is 3.82. The van der Waals surface area contributed by atoms with E-state index in [0.717, 1.165) is 12.0 Å². The molecule has 0 aliphatic rings. The smallest absolute Gasteiger partial charge is 0.128 e. The molecule has 0 saturated heterocycles. The molecule has 0 aliphatic carbocycles. The van der Waals surface area contributed by atoms with Gasteiger partial charge < -0.3 is 11.1 Å². The number of hydrogen-bond acceptors (Lipinski definition) is 2. The summed E-state index contributed by atoms with van der Waals surface area (Å²) >= 11 is 0. The standard InChI is InChI=1S/C12H19FN2/c1-3-9(2)15-8-11-5-4-10(7-14)6-12(11)13/h4-6,9,15H,3,7-8,14H2,1-2H3. The van der Waals surface area contributed by atoms with Gasteiger partial charge in [0, 0.05) is 24.7 Å². The predicted octanol–water partition coefficient (Wildman–Crippen LogP) is 2.17. The zero-order valence-corrected chi connectivity index (χ0v) is 9.39. The Balaban J connectivity index is 2.62. The van der Waals surface area contributed by atoms with E-state index in [9.17, 15) is 4.39 Å². The third kappa shape index (κ3) is 3.61. The Bertz CT molecular complexity index is 312. The van der Waals surface area contributed by atoms with Gasteiger partial charge in [-0.2, -0.15) is 0 Å². The van der Waals surface area contributed by atoms with Crippen molar-refractivity contribution in [1.29, 1.82) is 0 Å². The number of benzene rings is 1. The highest BCUT2D eigenvalue weighted by Crippen LogP contribution is 2.10. The maximum absolute atomic E-state index is 13.5. The van der Waals surface area contributed by atoms with Crippen molar-refractivity contribution >= 4 is 0 Å².